The maximum atomic E-state index is 4.81. The summed E-state index contributed by atoms with van der Waals surface area (Å²) in [5.41, 5.74) is 7.32. The highest BCUT2D eigenvalue weighted by Crippen LogP contribution is 2.31. The molecule has 0 spiro atoms. The Bertz CT molecular complexity index is 1710. The van der Waals surface area contributed by atoms with E-state index >= 15 is 0 Å². The lowest BCUT2D eigenvalue weighted by Crippen LogP contribution is -2.17. The Morgan fingerprint density at radius 2 is 0.978 bits per heavy atom. The van der Waals surface area contributed by atoms with Crippen LogP contribution >= 0.6 is 12.4 Å². The minimum atomic E-state index is 0. The third kappa shape index (κ3) is 7.51. The molecule has 4 aromatic heterocycles. The molecule has 0 amide bonds. The van der Waals surface area contributed by atoms with Crippen LogP contribution in [0.4, 0.5) is 0 Å². The van der Waals surface area contributed by atoms with Crippen LogP contribution in [-0.4, -0.2) is 32.2 Å². The number of unbranched alkanes of at least 4 members (excludes halogenated alkanes) is 3. The average Bonchev–Trinajstić information content (AvgIpc) is 3.49. The SMILES string of the molecule is CC(C)Cn1c2ccccc2c2cc(CNCCCCCCNCc3cc4c5ccccc5n(CC(C)C)c4cn3)ncc21.Cl. The van der Waals surface area contributed by atoms with E-state index in [1.165, 1.54) is 69.3 Å². The fraction of sp³-hybridized carbons (Fsp3) is 0.421. The van der Waals surface area contributed by atoms with Crippen LogP contribution in [0.25, 0.3) is 43.6 Å². The number of benzene rings is 2. The fourth-order valence-electron chi connectivity index (χ4n) is 6.58. The second kappa shape index (κ2) is 15.2. The van der Waals surface area contributed by atoms with Gasteiger partial charge in [0.1, 0.15) is 0 Å². The Kier molecular flexibility index (Phi) is 11.1. The normalized spacial score (nSPS) is 12.0. The maximum Gasteiger partial charge on any atom is 0.0678 e. The molecule has 0 bridgehead atoms. The van der Waals surface area contributed by atoms with Gasteiger partial charge in [0.15, 0.2) is 0 Å². The Balaban J connectivity index is 0.00000400. The summed E-state index contributed by atoms with van der Waals surface area (Å²) in [5, 5.41) is 12.5. The summed E-state index contributed by atoms with van der Waals surface area (Å²) in [6.45, 7) is 14.8. The summed E-state index contributed by atoms with van der Waals surface area (Å²) < 4.78 is 4.86. The molecule has 7 heteroatoms. The topological polar surface area (TPSA) is 59.7 Å². The van der Waals surface area contributed by atoms with Crippen molar-refractivity contribution in [1.29, 1.82) is 0 Å². The van der Waals surface area contributed by atoms with Gasteiger partial charge in [0.25, 0.3) is 0 Å². The summed E-state index contributed by atoms with van der Waals surface area (Å²) in [4.78, 5) is 9.62. The monoisotopic (exact) mass is 624 g/mol. The quantitative estimate of drug-likeness (QED) is 0.112. The van der Waals surface area contributed by atoms with E-state index in [4.69, 9.17) is 9.97 Å². The number of nitrogens with zero attached hydrogens (tertiary/aromatic N) is 4. The zero-order valence-corrected chi connectivity index (χ0v) is 28.2. The van der Waals surface area contributed by atoms with E-state index in [9.17, 15) is 0 Å². The van der Waals surface area contributed by atoms with Crippen molar-refractivity contribution in [2.75, 3.05) is 13.1 Å². The van der Waals surface area contributed by atoms with E-state index < -0.39 is 0 Å². The smallest absolute Gasteiger partial charge is 0.0678 e. The summed E-state index contributed by atoms with van der Waals surface area (Å²) in [6, 6.07) is 22.1. The lowest BCUT2D eigenvalue weighted by Gasteiger charge is -2.10. The van der Waals surface area contributed by atoms with Gasteiger partial charge in [0, 0.05) is 58.8 Å². The second-order valence-electron chi connectivity index (χ2n) is 13.2. The van der Waals surface area contributed by atoms with Crippen molar-refractivity contribution in [3.05, 3.63) is 84.4 Å². The first-order valence-electron chi connectivity index (χ1n) is 16.6. The third-order valence-electron chi connectivity index (χ3n) is 8.60. The van der Waals surface area contributed by atoms with Crippen molar-refractivity contribution < 1.29 is 0 Å². The number of hydrogen-bond acceptors (Lipinski definition) is 4. The standard InChI is InChI=1S/C38H48N6.ClH/c1-27(2)25-43-35-15-9-7-13-31(35)33-19-29(41-23-37(33)43)21-39-17-11-5-6-12-18-40-22-30-20-34-32-14-8-10-16-36(32)44(26-28(3)4)38(34)24-42-30;/h7-10,13-16,19-20,23-24,27-28,39-40H,5-6,11-12,17-18,21-22,25-26H2,1-4H3;1H. The van der Waals surface area contributed by atoms with Crippen molar-refractivity contribution in [3.63, 3.8) is 0 Å². The molecule has 2 N–H and O–H groups in total. The van der Waals surface area contributed by atoms with Gasteiger partial charge < -0.3 is 19.8 Å². The van der Waals surface area contributed by atoms with Crippen molar-refractivity contribution in [2.45, 2.75) is 79.6 Å². The Morgan fingerprint density at radius 3 is 1.40 bits per heavy atom. The van der Waals surface area contributed by atoms with E-state index in [2.05, 4.69) is 121 Å². The van der Waals surface area contributed by atoms with E-state index in [1.54, 1.807) is 0 Å². The fourth-order valence-corrected chi connectivity index (χ4v) is 6.58. The van der Waals surface area contributed by atoms with Crippen LogP contribution in [0.2, 0.25) is 0 Å². The first-order valence-corrected chi connectivity index (χ1v) is 16.6. The molecule has 4 heterocycles. The number of hydrogen-bond donors (Lipinski definition) is 2. The van der Waals surface area contributed by atoms with Crippen LogP contribution in [0.3, 0.4) is 0 Å². The number of halogens is 1. The van der Waals surface area contributed by atoms with Crippen LogP contribution in [0, 0.1) is 11.8 Å². The maximum absolute atomic E-state index is 4.81. The number of rotatable bonds is 15. The van der Waals surface area contributed by atoms with E-state index in [-0.39, 0.29) is 12.4 Å². The van der Waals surface area contributed by atoms with Crippen LogP contribution in [-0.2, 0) is 26.2 Å². The highest BCUT2D eigenvalue weighted by atomic mass is 35.5. The second-order valence-corrected chi connectivity index (χ2v) is 13.2. The molecule has 6 aromatic rings. The molecule has 0 aliphatic rings. The molecule has 0 saturated carbocycles. The van der Waals surface area contributed by atoms with E-state index in [1.807, 2.05) is 0 Å². The molecular weight excluding hydrogens is 576 g/mol. The highest BCUT2D eigenvalue weighted by Gasteiger charge is 2.14. The molecule has 45 heavy (non-hydrogen) atoms. The zero-order valence-electron chi connectivity index (χ0n) is 27.4. The predicted molar refractivity (Wildman–Crippen MR) is 193 cm³/mol. The molecular formula is C38H49ClN6. The van der Waals surface area contributed by atoms with Crippen molar-refractivity contribution in [3.8, 4) is 0 Å². The number of nitrogens with one attached hydrogen (secondary N) is 2. The Morgan fingerprint density at radius 1 is 0.556 bits per heavy atom. The van der Waals surface area contributed by atoms with E-state index in [0.29, 0.717) is 11.8 Å². The summed E-state index contributed by atoms with van der Waals surface area (Å²) >= 11 is 0. The molecule has 6 rings (SSSR count). The van der Waals surface area contributed by atoms with Crippen LogP contribution < -0.4 is 10.6 Å². The summed E-state index contributed by atoms with van der Waals surface area (Å²) in [7, 11) is 0. The number of aromatic nitrogens is 4. The number of fused-ring (bicyclic) bond motifs is 6. The van der Waals surface area contributed by atoms with Crippen molar-refractivity contribution in [2.24, 2.45) is 11.8 Å². The molecule has 0 aliphatic heterocycles. The lowest BCUT2D eigenvalue weighted by molar-refractivity contribution is 0.544. The van der Waals surface area contributed by atoms with Crippen LogP contribution in [0.5, 0.6) is 0 Å². The van der Waals surface area contributed by atoms with Gasteiger partial charge in [-0.2, -0.15) is 0 Å². The molecule has 0 saturated heterocycles. The largest absolute Gasteiger partial charge is 0.339 e. The minimum absolute atomic E-state index is 0. The van der Waals surface area contributed by atoms with Gasteiger partial charge in [0.2, 0.25) is 0 Å². The molecule has 238 valence electrons. The van der Waals surface area contributed by atoms with Gasteiger partial charge in [-0.15, -0.1) is 12.4 Å². The molecule has 0 fully saturated rings. The summed E-state index contributed by atoms with van der Waals surface area (Å²) in [6.07, 6.45) is 9.00. The first kappa shape index (κ1) is 32.9. The number of pyridine rings is 2. The number of para-hydroxylation sites is 2. The highest BCUT2D eigenvalue weighted by molar-refractivity contribution is 6.08. The van der Waals surface area contributed by atoms with Gasteiger partial charge in [0.05, 0.1) is 34.8 Å². The van der Waals surface area contributed by atoms with Gasteiger partial charge in [-0.25, -0.2) is 0 Å². The third-order valence-corrected chi connectivity index (χ3v) is 8.60. The molecule has 0 atom stereocenters. The average molecular weight is 625 g/mol. The van der Waals surface area contributed by atoms with Crippen LogP contribution in [0.1, 0.15) is 64.8 Å². The van der Waals surface area contributed by atoms with Gasteiger partial charge in [-0.1, -0.05) is 76.9 Å². The molecule has 6 nitrogen and oxygen atoms in total. The Labute approximate surface area is 274 Å². The van der Waals surface area contributed by atoms with Gasteiger partial charge >= 0.3 is 0 Å². The zero-order chi connectivity index (χ0) is 30.5. The lowest BCUT2D eigenvalue weighted by atomic mass is 10.1. The van der Waals surface area contributed by atoms with Crippen LogP contribution in [0.15, 0.2) is 73.1 Å². The molecule has 0 aliphatic carbocycles. The first-order chi connectivity index (χ1) is 21.5. The summed E-state index contributed by atoms with van der Waals surface area (Å²) in [5.74, 6) is 1.18. The van der Waals surface area contributed by atoms with Crippen molar-refractivity contribution >= 4 is 56.0 Å². The molecule has 0 radical (unpaired) electrons. The molecule has 2 aromatic carbocycles. The minimum Gasteiger partial charge on any atom is -0.339 e. The Hall–Kier alpha value is -3.45. The van der Waals surface area contributed by atoms with Crippen molar-refractivity contribution in [1.82, 2.24) is 29.7 Å². The predicted octanol–water partition coefficient (Wildman–Crippen LogP) is 8.87. The molecule has 0 unspecified atom stereocenters. The van der Waals surface area contributed by atoms with Gasteiger partial charge in [-0.05, 0) is 62.0 Å². The van der Waals surface area contributed by atoms with E-state index in [0.717, 1.165) is 50.7 Å². The van der Waals surface area contributed by atoms with Gasteiger partial charge in [-0.3, -0.25) is 9.97 Å².